The first-order valence-electron chi connectivity index (χ1n) is 8.87. The van der Waals surface area contributed by atoms with Crippen molar-refractivity contribution in [3.63, 3.8) is 0 Å². The summed E-state index contributed by atoms with van der Waals surface area (Å²) < 4.78 is 22.8. The molecule has 158 valence electrons. The molecule has 0 spiro atoms. The van der Waals surface area contributed by atoms with Crippen molar-refractivity contribution < 1.29 is 18.9 Å². The van der Waals surface area contributed by atoms with E-state index in [1.165, 1.54) is 4.31 Å². The topological polar surface area (TPSA) is 98.7 Å². The summed E-state index contributed by atoms with van der Waals surface area (Å²) in [6, 6.07) is 4.99. The van der Waals surface area contributed by atoms with Gasteiger partial charge in [-0.1, -0.05) is 27.5 Å². The minimum Gasteiger partial charge on any atom is -0.573 e. The molecule has 0 aliphatic carbocycles. The van der Waals surface area contributed by atoms with E-state index in [-0.39, 0.29) is 11.9 Å². The third-order valence-corrected chi connectivity index (χ3v) is 6.26. The van der Waals surface area contributed by atoms with Gasteiger partial charge in [0.15, 0.2) is 11.5 Å². The van der Waals surface area contributed by atoms with Gasteiger partial charge in [-0.2, -0.15) is 0 Å². The molecule has 0 radical (unpaired) electrons. The van der Waals surface area contributed by atoms with Crippen molar-refractivity contribution in [2.24, 2.45) is 7.05 Å². The third-order valence-electron chi connectivity index (χ3n) is 4.33. The Balaban J connectivity index is 1.56. The number of benzene rings is 1. The van der Waals surface area contributed by atoms with Gasteiger partial charge in [-0.15, -0.1) is 4.72 Å². The van der Waals surface area contributed by atoms with E-state index in [2.05, 4.69) is 10.0 Å². The molecule has 2 aromatic rings. The molecule has 0 saturated carbocycles. The van der Waals surface area contributed by atoms with Crippen LogP contribution in [-0.2, 0) is 23.3 Å². The Labute approximate surface area is 181 Å². The molecule has 3 rings (SSSR count). The number of aromatic nitrogens is 1. The van der Waals surface area contributed by atoms with Crippen molar-refractivity contribution in [3.05, 3.63) is 33.9 Å². The van der Waals surface area contributed by atoms with E-state index in [0.29, 0.717) is 34.2 Å². The number of halogens is 2. The highest BCUT2D eigenvalue weighted by Gasteiger charge is 2.39. The Hall–Kier alpha value is -1.65. The Kier molecular flexibility index (Phi) is 6.26. The van der Waals surface area contributed by atoms with Gasteiger partial charge >= 0.3 is 6.09 Å². The summed E-state index contributed by atoms with van der Waals surface area (Å²) in [5, 5.41) is 4.41. The van der Waals surface area contributed by atoms with Crippen LogP contribution >= 0.6 is 23.2 Å². The van der Waals surface area contributed by atoms with Gasteiger partial charge in [0.1, 0.15) is 11.3 Å². The van der Waals surface area contributed by atoms with Crippen molar-refractivity contribution in [3.8, 4) is 0 Å². The van der Waals surface area contributed by atoms with Crippen LogP contribution in [0.2, 0.25) is 10.0 Å². The lowest BCUT2D eigenvalue weighted by Crippen LogP contribution is -2.63. The Bertz CT molecular complexity index is 953. The van der Waals surface area contributed by atoms with Gasteiger partial charge in [0.25, 0.3) is 5.91 Å². The third kappa shape index (κ3) is 4.92. The van der Waals surface area contributed by atoms with Crippen molar-refractivity contribution in [2.75, 3.05) is 13.1 Å². The number of nitrogens with one attached hydrogen (secondary N) is 2. The van der Waals surface area contributed by atoms with E-state index in [0.717, 1.165) is 5.52 Å². The number of carbonyl (C=O) groups excluding carboxylic acids is 2. The fourth-order valence-electron chi connectivity index (χ4n) is 2.93. The first-order valence-corrected chi connectivity index (χ1v) is 10.7. The monoisotopic (exact) mass is 460 g/mol. The molecule has 1 aliphatic heterocycles. The van der Waals surface area contributed by atoms with Gasteiger partial charge in [0, 0.05) is 18.0 Å². The van der Waals surface area contributed by atoms with E-state index >= 15 is 0 Å². The van der Waals surface area contributed by atoms with Crippen LogP contribution in [-0.4, -0.2) is 50.2 Å². The van der Waals surface area contributed by atoms with Crippen LogP contribution in [0, 0.1) is 0 Å². The summed E-state index contributed by atoms with van der Waals surface area (Å²) in [6.45, 7) is 5.84. The molecule has 1 aromatic carbocycles. The summed E-state index contributed by atoms with van der Waals surface area (Å²) in [6.07, 6.45) is -0.755. The van der Waals surface area contributed by atoms with Crippen LogP contribution in [0.4, 0.5) is 4.79 Å². The maximum Gasteiger partial charge on any atom is 0.451 e. The zero-order valence-electron chi connectivity index (χ0n) is 16.4. The molecule has 11 heteroatoms. The molecular formula is C18H22Cl2N4O4S. The van der Waals surface area contributed by atoms with Crippen molar-refractivity contribution >= 4 is 57.7 Å². The molecule has 29 heavy (non-hydrogen) atoms. The average molecular weight is 461 g/mol. The quantitative estimate of drug-likeness (QED) is 0.683. The number of carbonyl (C=O) groups is 2. The highest BCUT2D eigenvalue weighted by atomic mass is 35.5. The lowest BCUT2D eigenvalue weighted by Gasteiger charge is -2.37. The number of ether oxygens (including phenoxy) is 1. The van der Waals surface area contributed by atoms with E-state index in [4.69, 9.17) is 27.9 Å². The van der Waals surface area contributed by atoms with E-state index in [9.17, 15) is 14.1 Å². The van der Waals surface area contributed by atoms with Gasteiger partial charge in [-0.25, -0.2) is 4.79 Å². The lowest BCUT2D eigenvalue weighted by atomic mass is 10.2. The van der Waals surface area contributed by atoms with Gasteiger partial charge < -0.3 is 19.2 Å². The number of fused-ring (bicyclic) bond motifs is 1. The summed E-state index contributed by atoms with van der Waals surface area (Å²) in [7, 11) is 1.77. The minimum atomic E-state index is -1.73. The maximum atomic E-state index is 12.7. The molecule has 2 heterocycles. The van der Waals surface area contributed by atoms with E-state index in [1.807, 2.05) is 0 Å². The number of amides is 2. The molecule has 2 amide bonds. The molecule has 0 bridgehead atoms. The summed E-state index contributed by atoms with van der Waals surface area (Å²) >= 11 is 10.6. The number of nitrogens with zero attached hydrogens (tertiary/aromatic N) is 2. The Morgan fingerprint density at radius 3 is 2.55 bits per heavy atom. The number of rotatable bonds is 4. The number of hydrogen-bond donors (Lipinski definition) is 2. The second-order valence-electron chi connectivity index (χ2n) is 7.75. The largest absolute Gasteiger partial charge is 0.573 e. The molecule has 1 unspecified atom stereocenters. The van der Waals surface area contributed by atoms with Crippen LogP contribution in [0.3, 0.4) is 0 Å². The van der Waals surface area contributed by atoms with E-state index < -0.39 is 23.2 Å². The maximum absolute atomic E-state index is 12.7. The van der Waals surface area contributed by atoms with Crippen molar-refractivity contribution in [1.82, 2.24) is 18.9 Å². The highest BCUT2D eigenvalue weighted by Crippen LogP contribution is 2.32. The van der Waals surface area contributed by atoms with Crippen LogP contribution < -0.4 is 10.0 Å². The zero-order chi connectivity index (χ0) is 21.5. The van der Waals surface area contributed by atoms with Crippen LogP contribution in [0.15, 0.2) is 18.2 Å². The Morgan fingerprint density at radius 1 is 1.28 bits per heavy atom. The van der Waals surface area contributed by atoms with Crippen molar-refractivity contribution in [1.29, 1.82) is 0 Å². The molecule has 2 N–H and O–H groups in total. The highest BCUT2D eigenvalue weighted by molar-refractivity contribution is 7.87. The van der Waals surface area contributed by atoms with Crippen molar-refractivity contribution in [2.45, 2.75) is 32.4 Å². The molecule has 1 aliphatic rings. The molecule has 1 fully saturated rings. The second-order valence-corrected chi connectivity index (χ2v) is 9.76. The normalized spacial score (nSPS) is 16.4. The summed E-state index contributed by atoms with van der Waals surface area (Å²) in [5.74, 6) is -0.272. The van der Waals surface area contributed by atoms with Crippen LogP contribution in [0.25, 0.3) is 10.9 Å². The molecule has 1 aromatic heterocycles. The van der Waals surface area contributed by atoms with Crippen LogP contribution in [0.5, 0.6) is 0 Å². The number of hydrogen-bond acceptors (Lipinski definition) is 5. The first-order chi connectivity index (χ1) is 13.5. The molecule has 8 nitrogen and oxygen atoms in total. The summed E-state index contributed by atoms with van der Waals surface area (Å²) in [5.41, 5.74) is 0.559. The minimum absolute atomic E-state index is 0.191. The van der Waals surface area contributed by atoms with Crippen LogP contribution in [0.1, 0.15) is 31.3 Å². The zero-order valence-corrected chi connectivity index (χ0v) is 18.7. The van der Waals surface area contributed by atoms with Gasteiger partial charge in [0.05, 0.1) is 29.2 Å². The lowest BCUT2D eigenvalue weighted by molar-refractivity contribution is 0.0562. The fourth-order valence-corrected chi connectivity index (χ4v) is 4.25. The SMILES string of the molecule is Cn1c(C(=O)NC2CN([S+]([O-])NC(=O)OC(C)(C)C)C2)cc2c(Cl)c(Cl)ccc21. The fraction of sp³-hybridized carbons (Fsp3) is 0.444. The first kappa shape index (κ1) is 22.0. The smallest absolute Gasteiger partial charge is 0.451 e. The van der Waals surface area contributed by atoms with Gasteiger partial charge in [0.2, 0.25) is 0 Å². The molecule has 1 atom stereocenters. The number of aryl methyl sites for hydroxylation is 1. The predicted octanol–water partition coefficient (Wildman–Crippen LogP) is 3.00. The standard InChI is InChI=1S/C18H22Cl2N4O4S/c1-18(2,3)28-17(26)22-29(27)24-8-10(9-24)21-16(25)14-7-11-13(23(14)4)6-5-12(19)15(11)20/h5-7,10H,8-9H2,1-4H3,(H,21,25)(H,22,26). The average Bonchev–Trinajstić information content (AvgIpc) is 2.89. The Morgan fingerprint density at radius 2 is 1.93 bits per heavy atom. The molecule has 1 saturated heterocycles. The second kappa shape index (κ2) is 8.23. The summed E-state index contributed by atoms with van der Waals surface area (Å²) in [4.78, 5) is 24.3. The predicted molar refractivity (Wildman–Crippen MR) is 113 cm³/mol. The van der Waals surface area contributed by atoms with Gasteiger partial charge in [-0.05, 0) is 39.0 Å². The molecular weight excluding hydrogens is 439 g/mol. The van der Waals surface area contributed by atoms with E-state index in [1.54, 1.807) is 50.6 Å². The van der Waals surface area contributed by atoms with Gasteiger partial charge in [-0.3, -0.25) is 4.79 Å².